The van der Waals surface area contributed by atoms with Crippen molar-refractivity contribution in [3.63, 3.8) is 0 Å². The molecular weight excluding hydrogens is 586 g/mol. The van der Waals surface area contributed by atoms with Crippen molar-refractivity contribution in [2.24, 2.45) is 0 Å². The Balaban J connectivity index is 1.11. The van der Waals surface area contributed by atoms with Crippen LogP contribution in [0.25, 0.3) is 22.3 Å². The predicted molar refractivity (Wildman–Crippen MR) is 186 cm³/mol. The number of anilines is 1. The van der Waals surface area contributed by atoms with E-state index in [1.807, 2.05) is 60.7 Å². The highest BCUT2D eigenvalue weighted by Crippen LogP contribution is 2.37. The van der Waals surface area contributed by atoms with E-state index in [2.05, 4.69) is 66.4 Å². The highest BCUT2D eigenvalue weighted by atomic mass is 16.2. The topological polar surface area (TPSA) is 117 Å². The van der Waals surface area contributed by atoms with E-state index >= 15 is 0 Å². The van der Waals surface area contributed by atoms with Crippen molar-refractivity contribution in [2.45, 2.75) is 50.4 Å². The van der Waals surface area contributed by atoms with Crippen LogP contribution in [0.4, 0.5) is 10.6 Å². The van der Waals surface area contributed by atoms with E-state index in [0.29, 0.717) is 18.4 Å². The van der Waals surface area contributed by atoms with Crippen LogP contribution in [0.3, 0.4) is 0 Å². The number of nitrogens with two attached hydrogens (primary N) is 1. The van der Waals surface area contributed by atoms with Crippen molar-refractivity contribution in [1.82, 2.24) is 40.2 Å². The summed E-state index contributed by atoms with van der Waals surface area (Å²) in [5.41, 5.74) is 12.0. The van der Waals surface area contributed by atoms with Crippen LogP contribution in [0.15, 0.2) is 91.3 Å². The molecule has 1 aliphatic carbocycles. The van der Waals surface area contributed by atoms with Crippen LogP contribution in [0.1, 0.15) is 54.5 Å². The molecule has 10 heteroatoms. The molecule has 0 unspecified atom stereocenters. The van der Waals surface area contributed by atoms with Crippen LogP contribution in [0, 0.1) is 0 Å². The molecule has 3 aromatic carbocycles. The number of urea groups is 1. The van der Waals surface area contributed by atoms with E-state index < -0.39 is 0 Å². The summed E-state index contributed by atoms with van der Waals surface area (Å²) in [6.45, 7) is 5.04. The molecule has 47 heavy (non-hydrogen) atoms. The maximum absolute atomic E-state index is 13.1. The van der Waals surface area contributed by atoms with Gasteiger partial charge in [-0.25, -0.2) is 19.4 Å². The normalized spacial score (nSPS) is 19.8. The maximum Gasteiger partial charge on any atom is 0.315 e. The molecule has 10 nitrogen and oxygen atoms in total. The van der Waals surface area contributed by atoms with E-state index in [9.17, 15) is 4.79 Å². The number of rotatable bonds is 8. The molecule has 242 valence electrons. The Labute approximate surface area is 276 Å². The van der Waals surface area contributed by atoms with Crippen LogP contribution in [-0.4, -0.2) is 74.8 Å². The lowest BCUT2D eigenvalue weighted by Crippen LogP contribution is -2.49. The first-order valence-electron chi connectivity index (χ1n) is 16.7. The van der Waals surface area contributed by atoms with Gasteiger partial charge >= 0.3 is 6.03 Å². The first kappa shape index (κ1) is 30.8. The number of fused-ring (bicyclic) bond motifs is 1. The minimum absolute atomic E-state index is 0.233. The number of hydrogen-bond acceptors (Lipinski definition) is 7. The fraction of sp³-hybridized carbons (Fsp3) is 0.351. The second-order valence-corrected chi connectivity index (χ2v) is 12.8. The number of nitrogens with zero attached hydrogens (tertiary/aromatic N) is 6. The molecule has 4 N–H and O–H groups in total. The molecule has 5 aromatic rings. The number of benzene rings is 3. The second-order valence-electron chi connectivity index (χ2n) is 12.8. The Morgan fingerprint density at radius 2 is 1.47 bits per heavy atom. The second kappa shape index (κ2) is 13.9. The third kappa shape index (κ3) is 6.84. The molecule has 7 rings (SSSR count). The Hall–Kier alpha value is -4.80. The van der Waals surface area contributed by atoms with Gasteiger partial charge in [0.1, 0.15) is 17.8 Å². The molecule has 2 aliphatic rings. The molecule has 0 spiro atoms. The number of nitrogen functional groups attached to an aromatic ring is 1. The third-order valence-corrected chi connectivity index (χ3v) is 9.81. The summed E-state index contributed by atoms with van der Waals surface area (Å²) < 4.78 is 2.10. The van der Waals surface area contributed by atoms with E-state index in [0.717, 1.165) is 90.8 Å². The third-order valence-electron chi connectivity index (χ3n) is 9.81. The number of amides is 2. The summed E-state index contributed by atoms with van der Waals surface area (Å²) in [7, 11) is 2.21. The smallest absolute Gasteiger partial charge is 0.315 e. The van der Waals surface area contributed by atoms with Gasteiger partial charge in [-0.1, -0.05) is 84.9 Å². The number of likely N-dealkylation sites (N-methyl/N-ethyl adjacent to an activating group) is 1. The van der Waals surface area contributed by atoms with Crippen molar-refractivity contribution in [2.75, 3.05) is 39.0 Å². The van der Waals surface area contributed by atoms with Gasteiger partial charge in [0.2, 0.25) is 0 Å². The van der Waals surface area contributed by atoms with Crippen LogP contribution < -0.4 is 16.4 Å². The van der Waals surface area contributed by atoms with Gasteiger partial charge < -0.3 is 21.3 Å². The molecule has 2 aromatic heterocycles. The van der Waals surface area contributed by atoms with Crippen LogP contribution >= 0.6 is 0 Å². The Kier molecular flexibility index (Phi) is 9.12. The van der Waals surface area contributed by atoms with E-state index in [-0.39, 0.29) is 18.1 Å². The number of carbonyl (C=O) groups excluding carboxylic acids is 1. The van der Waals surface area contributed by atoms with Crippen molar-refractivity contribution in [3.8, 4) is 11.3 Å². The summed E-state index contributed by atoms with van der Waals surface area (Å²) in [5.74, 6) is 0.436. The van der Waals surface area contributed by atoms with Gasteiger partial charge in [0, 0.05) is 44.3 Å². The van der Waals surface area contributed by atoms with Gasteiger partial charge in [0.25, 0.3) is 0 Å². The predicted octanol–water partition coefficient (Wildman–Crippen LogP) is 5.40. The van der Waals surface area contributed by atoms with Crippen LogP contribution in [-0.2, 0) is 6.54 Å². The zero-order valence-electron chi connectivity index (χ0n) is 26.9. The zero-order valence-corrected chi connectivity index (χ0v) is 26.9. The summed E-state index contributed by atoms with van der Waals surface area (Å²) in [5, 5.41) is 12.1. The van der Waals surface area contributed by atoms with Gasteiger partial charge in [0.15, 0.2) is 5.65 Å². The standard InChI is InChI=1S/C37H43N9O/c1-44-20-22-45(23-21-44)30-16-18-31(19-17-30)46-36-32(35(38)40-25-41-36)34(43-46)29-14-12-28(13-15-29)33(27-10-6-3-7-11-27)42-37(47)39-24-26-8-4-2-5-9-26/h2-15,25,30-31,33H,16-24H2,1H3,(H2,38,40,41)(H2,39,42,47)/t30?,31?,33-/m0/s1. The molecule has 3 heterocycles. The highest BCUT2D eigenvalue weighted by molar-refractivity contribution is 5.98. The minimum Gasteiger partial charge on any atom is -0.383 e. The first-order chi connectivity index (χ1) is 23.0. The molecule has 2 fully saturated rings. The summed E-state index contributed by atoms with van der Waals surface area (Å²) in [4.78, 5) is 27.2. The number of carbonyl (C=O) groups is 1. The molecular formula is C37H43N9O. The van der Waals surface area contributed by atoms with Crippen LogP contribution in [0.5, 0.6) is 0 Å². The lowest BCUT2D eigenvalue weighted by atomic mass is 9.90. The monoisotopic (exact) mass is 629 g/mol. The molecule has 0 bridgehead atoms. The average molecular weight is 630 g/mol. The Morgan fingerprint density at radius 1 is 0.830 bits per heavy atom. The van der Waals surface area contributed by atoms with Gasteiger partial charge in [-0.05, 0) is 49.4 Å². The summed E-state index contributed by atoms with van der Waals surface area (Å²) >= 11 is 0. The average Bonchev–Trinajstić information content (AvgIpc) is 3.52. The van der Waals surface area contributed by atoms with Crippen molar-refractivity contribution < 1.29 is 4.79 Å². The van der Waals surface area contributed by atoms with Crippen molar-refractivity contribution in [3.05, 3.63) is 108 Å². The van der Waals surface area contributed by atoms with E-state index in [1.54, 1.807) is 0 Å². The maximum atomic E-state index is 13.1. The van der Waals surface area contributed by atoms with Crippen molar-refractivity contribution in [1.29, 1.82) is 0 Å². The molecule has 1 atom stereocenters. The number of nitrogens with one attached hydrogen (secondary N) is 2. The van der Waals surface area contributed by atoms with Gasteiger partial charge in [-0.3, -0.25) is 4.90 Å². The van der Waals surface area contributed by atoms with Crippen LogP contribution in [0.2, 0.25) is 0 Å². The molecule has 2 amide bonds. The number of hydrogen-bond donors (Lipinski definition) is 3. The largest absolute Gasteiger partial charge is 0.383 e. The highest BCUT2D eigenvalue weighted by Gasteiger charge is 2.31. The molecule has 1 saturated heterocycles. The molecule has 0 radical (unpaired) electrons. The number of piperazine rings is 1. The molecule has 1 saturated carbocycles. The summed E-state index contributed by atoms with van der Waals surface area (Å²) in [6.07, 6.45) is 5.98. The Morgan fingerprint density at radius 3 is 2.17 bits per heavy atom. The van der Waals surface area contributed by atoms with E-state index in [1.165, 1.54) is 6.33 Å². The SMILES string of the molecule is CN1CCN(C2CCC(n3nc(-c4ccc([C@@H](NC(=O)NCc5ccccc5)c5ccccc5)cc4)c4c(N)ncnc43)CC2)CC1. The van der Waals surface area contributed by atoms with Crippen molar-refractivity contribution >= 4 is 22.9 Å². The molecule has 1 aliphatic heterocycles. The van der Waals surface area contributed by atoms with Gasteiger partial charge in [-0.15, -0.1) is 0 Å². The lowest BCUT2D eigenvalue weighted by Gasteiger charge is -2.41. The van der Waals surface area contributed by atoms with Gasteiger partial charge in [-0.2, -0.15) is 5.10 Å². The fourth-order valence-electron chi connectivity index (χ4n) is 7.11. The lowest BCUT2D eigenvalue weighted by molar-refractivity contribution is 0.0815. The zero-order chi connectivity index (χ0) is 32.2. The first-order valence-corrected chi connectivity index (χ1v) is 16.7. The van der Waals surface area contributed by atoms with E-state index in [4.69, 9.17) is 10.8 Å². The summed E-state index contributed by atoms with van der Waals surface area (Å²) in [6, 6.07) is 28.5. The Bertz CT molecular complexity index is 1780. The van der Waals surface area contributed by atoms with Gasteiger partial charge in [0.05, 0.1) is 17.5 Å². The number of aromatic nitrogens is 4. The minimum atomic E-state index is -0.334. The fourth-order valence-corrected chi connectivity index (χ4v) is 7.11. The quantitative estimate of drug-likeness (QED) is 0.211.